The van der Waals surface area contributed by atoms with Crippen molar-refractivity contribution >= 4 is 34.4 Å². The summed E-state index contributed by atoms with van der Waals surface area (Å²) in [6.07, 6.45) is 8.77. The van der Waals surface area contributed by atoms with Crippen molar-refractivity contribution in [2.45, 2.75) is 45.6 Å². The van der Waals surface area contributed by atoms with Crippen LogP contribution in [0.2, 0.25) is 5.02 Å². The molecule has 4 rings (SSSR count). The molecule has 0 atom stereocenters. The van der Waals surface area contributed by atoms with Crippen molar-refractivity contribution in [1.82, 2.24) is 19.7 Å². The summed E-state index contributed by atoms with van der Waals surface area (Å²) in [5, 5.41) is 18.3. The molecule has 0 saturated heterocycles. The van der Waals surface area contributed by atoms with E-state index in [9.17, 15) is 9.90 Å². The number of rotatable bonds is 9. The van der Waals surface area contributed by atoms with Crippen LogP contribution in [-0.2, 0) is 6.54 Å². The molecular formula is C25H26ClN5O2. The molecule has 7 nitrogen and oxygen atoms in total. The third kappa shape index (κ3) is 5.31. The zero-order valence-corrected chi connectivity index (χ0v) is 19.2. The van der Waals surface area contributed by atoms with Gasteiger partial charge < -0.3 is 10.4 Å². The number of aromatic nitrogens is 4. The van der Waals surface area contributed by atoms with Crippen molar-refractivity contribution in [2.24, 2.45) is 0 Å². The predicted octanol–water partition coefficient (Wildman–Crippen LogP) is 6.08. The summed E-state index contributed by atoms with van der Waals surface area (Å²) in [5.74, 6) is 0.295. The van der Waals surface area contributed by atoms with E-state index in [2.05, 4.69) is 22.3 Å². The summed E-state index contributed by atoms with van der Waals surface area (Å²) < 4.78 is 1.83. The van der Waals surface area contributed by atoms with Crippen LogP contribution < -0.4 is 5.32 Å². The summed E-state index contributed by atoms with van der Waals surface area (Å²) in [5.41, 5.74) is 2.48. The van der Waals surface area contributed by atoms with Crippen molar-refractivity contribution in [2.75, 3.05) is 5.32 Å². The van der Waals surface area contributed by atoms with Gasteiger partial charge in [0.2, 0.25) is 0 Å². The summed E-state index contributed by atoms with van der Waals surface area (Å²) in [6, 6.07) is 11.9. The van der Waals surface area contributed by atoms with E-state index in [0.717, 1.165) is 18.4 Å². The second-order valence-corrected chi connectivity index (χ2v) is 8.33. The molecule has 0 aliphatic heterocycles. The van der Waals surface area contributed by atoms with Crippen LogP contribution in [0.1, 0.15) is 49.4 Å². The van der Waals surface area contributed by atoms with Gasteiger partial charge in [-0.25, -0.2) is 9.67 Å². The van der Waals surface area contributed by atoms with Gasteiger partial charge in [0.1, 0.15) is 5.75 Å². The maximum absolute atomic E-state index is 12.7. The highest BCUT2D eigenvalue weighted by molar-refractivity contribution is 6.34. The van der Waals surface area contributed by atoms with Gasteiger partial charge in [-0.1, -0.05) is 44.2 Å². The lowest BCUT2D eigenvalue weighted by molar-refractivity contribution is 0.102. The molecule has 0 aliphatic rings. The van der Waals surface area contributed by atoms with Gasteiger partial charge in [0, 0.05) is 24.5 Å². The van der Waals surface area contributed by atoms with Crippen LogP contribution in [-0.4, -0.2) is 30.8 Å². The topological polar surface area (TPSA) is 92.9 Å². The molecular weight excluding hydrogens is 438 g/mol. The molecule has 0 aliphatic carbocycles. The number of nitrogens with zero attached hydrogens (tertiary/aromatic N) is 4. The highest BCUT2D eigenvalue weighted by atomic mass is 35.5. The number of phenolic OH excluding ortho intramolecular Hbond substituents is 1. The smallest absolute Gasteiger partial charge is 0.258 e. The molecule has 1 aromatic carbocycles. The maximum Gasteiger partial charge on any atom is 0.258 e. The van der Waals surface area contributed by atoms with Crippen LogP contribution in [0.15, 0.2) is 54.9 Å². The lowest BCUT2D eigenvalue weighted by Gasteiger charge is -2.07. The molecule has 0 radical (unpaired) electrons. The fourth-order valence-electron chi connectivity index (χ4n) is 3.68. The average molecular weight is 464 g/mol. The first-order valence-corrected chi connectivity index (χ1v) is 11.5. The van der Waals surface area contributed by atoms with Crippen molar-refractivity contribution < 1.29 is 9.90 Å². The number of nitrogens with one attached hydrogen (secondary N) is 1. The van der Waals surface area contributed by atoms with Gasteiger partial charge in [0.05, 0.1) is 21.7 Å². The Morgan fingerprint density at radius 1 is 1.12 bits per heavy atom. The summed E-state index contributed by atoms with van der Waals surface area (Å²) in [6.45, 7) is 2.88. The van der Waals surface area contributed by atoms with Gasteiger partial charge in [-0.2, -0.15) is 5.10 Å². The van der Waals surface area contributed by atoms with E-state index in [0.29, 0.717) is 39.7 Å². The molecule has 4 aromatic rings. The van der Waals surface area contributed by atoms with Gasteiger partial charge in [-0.15, -0.1) is 0 Å². The molecule has 170 valence electrons. The summed E-state index contributed by atoms with van der Waals surface area (Å²) in [7, 11) is 0. The Bertz CT molecular complexity index is 1240. The maximum atomic E-state index is 12.7. The molecule has 8 heteroatoms. The van der Waals surface area contributed by atoms with Crippen molar-refractivity contribution in [3.63, 3.8) is 0 Å². The van der Waals surface area contributed by atoms with Crippen LogP contribution in [0.25, 0.3) is 22.3 Å². The number of fused-ring (bicyclic) bond motifs is 1. The van der Waals surface area contributed by atoms with Crippen molar-refractivity contribution in [1.29, 1.82) is 0 Å². The number of aryl methyl sites for hydroxylation is 1. The third-order valence-electron chi connectivity index (χ3n) is 5.45. The van der Waals surface area contributed by atoms with Crippen molar-refractivity contribution in [3.8, 4) is 17.0 Å². The summed E-state index contributed by atoms with van der Waals surface area (Å²) in [4.78, 5) is 21.5. The van der Waals surface area contributed by atoms with E-state index in [1.807, 2.05) is 4.68 Å². The van der Waals surface area contributed by atoms with E-state index in [1.54, 1.807) is 48.7 Å². The Labute approximate surface area is 197 Å². The first-order valence-electron chi connectivity index (χ1n) is 11.1. The average Bonchev–Trinajstić information content (AvgIpc) is 3.15. The number of unbranched alkanes of at least 4 members (excludes halogenated alkanes) is 4. The minimum Gasteiger partial charge on any atom is -0.508 e. The van der Waals surface area contributed by atoms with Crippen LogP contribution in [0, 0.1) is 0 Å². The number of amides is 1. The van der Waals surface area contributed by atoms with E-state index in [1.165, 1.54) is 25.5 Å². The Hall–Kier alpha value is -3.45. The monoisotopic (exact) mass is 463 g/mol. The van der Waals surface area contributed by atoms with Crippen molar-refractivity contribution in [3.05, 3.63) is 65.4 Å². The zero-order valence-electron chi connectivity index (χ0n) is 18.5. The lowest BCUT2D eigenvalue weighted by Crippen LogP contribution is -2.13. The molecule has 1 amide bonds. The van der Waals surface area contributed by atoms with Gasteiger partial charge in [0.15, 0.2) is 11.5 Å². The molecule has 0 unspecified atom stereocenters. The number of benzene rings is 1. The van der Waals surface area contributed by atoms with Gasteiger partial charge in [-0.05, 0) is 48.9 Å². The predicted molar refractivity (Wildman–Crippen MR) is 131 cm³/mol. The first kappa shape index (κ1) is 22.7. The Morgan fingerprint density at radius 2 is 1.91 bits per heavy atom. The number of halogens is 1. The highest BCUT2D eigenvalue weighted by Gasteiger charge is 2.18. The zero-order chi connectivity index (χ0) is 23.2. The largest absolute Gasteiger partial charge is 0.508 e. The number of anilines is 1. The standard InChI is InChI=1S/C25H26ClN5O2/c1-2-3-4-5-6-14-31-24-20(23(30-31)29-25(33)18-8-7-13-27-16-18)15-21(26)22(28-24)17-9-11-19(32)12-10-17/h7-13,15-16,32H,2-6,14H2,1H3,(H,29,30,33). The Kier molecular flexibility index (Phi) is 7.19. The number of phenols is 1. The third-order valence-corrected chi connectivity index (χ3v) is 5.73. The summed E-state index contributed by atoms with van der Waals surface area (Å²) >= 11 is 6.59. The first-order chi connectivity index (χ1) is 16.1. The lowest BCUT2D eigenvalue weighted by atomic mass is 10.1. The number of aromatic hydroxyl groups is 1. The molecule has 33 heavy (non-hydrogen) atoms. The van der Waals surface area contributed by atoms with Gasteiger partial charge >= 0.3 is 0 Å². The molecule has 0 bridgehead atoms. The SMILES string of the molecule is CCCCCCCn1nc(NC(=O)c2cccnc2)c2cc(Cl)c(-c3ccc(O)cc3)nc21. The molecule has 2 N–H and O–H groups in total. The number of carbonyl (C=O) groups is 1. The van der Waals surface area contributed by atoms with E-state index in [-0.39, 0.29) is 11.7 Å². The van der Waals surface area contributed by atoms with Gasteiger partial charge in [0.25, 0.3) is 5.91 Å². The number of pyridine rings is 2. The molecule has 3 aromatic heterocycles. The molecule has 0 spiro atoms. The molecule has 0 saturated carbocycles. The fourth-order valence-corrected chi connectivity index (χ4v) is 3.94. The van der Waals surface area contributed by atoms with E-state index in [4.69, 9.17) is 16.6 Å². The van der Waals surface area contributed by atoms with E-state index < -0.39 is 0 Å². The number of hydrogen-bond donors (Lipinski definition) is 2. The second kappa shape index (κ2) is 10.4. The van der Waals surface area contributed by atoms with Crippen LogP contribution in [0.4, 0.5) is 5.82 Å². The highest BCUT2D eigenvalue weighted by Crippen LogP contribution is 2.33. The Balaban J connectivity index is 1.70. The quantitative estimate of drug-likeness (QED) is 0.293. The minimum atomic E-state index is -0.295. The Morgan fingerprint density at radius 3 is 2.64 bits per heavy atom. The molecule has 0 fully saturated rings. The second-order valence-electron chi connectivity index (χ2n) is 7.92. The van der Waals surface area contributed by atoms with Crippen LogP contribution in [0.5, 0.6) is 5.75 Å². The van der Waals surface area contributed by atoms with E-state index >= 15 is 0 Å². The van der Waals surface area contributed by atoms with Gasteiger partial charge in [-0.3, -0.25) is 9.78 Å². The number of carbonyl (C=O) groups excluding carboxylic acids is 1. The normalized spacial score (nSPS) is 11.1. The molecule has 3 heterocycles. The van der Waals surface area contributed by atoms with Crippen LogP contribution in [0.3, 0.4) is 0 Å². The van der Waals surface area contributed by atoms with Crippen LogP contribution >= 0.6 is 11.6 Å². The number of hydrogen-bond acceptors (Lipinski definition) is 5. The minimum absolute atomic E-state index is 0.175. The fraction of sp³-hybridized carbons (Fsp3) is 0.280.